The largest absolute Gasteiger partial charge is 0.488 e. The Kier molecular flexibility index (Phi) is 9.68. The number of pyridine rings is 1. The van der Waals surface area contributed by atoms with Crippen molar-refractivity contribution in [3.8, 4) is 5.75 Å². The predicted octanol–water partition coefficient (Wildman–Crippen LogP) is 3.54. The molecular weight excluding hydrogens is 492 g/mol. The first-order valence-corrected chi connectivity index (χ1v) is 13.4. The van der Waals surface area contributed by atoms with Crippen LogP contribution in [0, 0.1) is 5.92 Å². The zero-order valence-corrected chi connectivity index (χ0v) is 22.9. The lowest BCUT2D eigenvalue weighted by molar-refractivity contribution is -0.134. The lowest BCUT2D eigenvalue weighted by atomic mass is 10.0. The minimum atomic E-state index is -0.314. The summed E-state index contributed by atoms with van der Waals surface area (Å²) in [6.07, 6.45) is 3.75. The number of ether oxygens (including phenoxy) is 1. The zero-order chi connectivity index (χ0) is 27.8. The molecule has 0 bridgehead atoms. The summed E-state index contributed by atoms with van der Waals surface area (Å²) >= 11 is 0. The van der Waals surface area contributed by atoms with Crippen LogP contribution in [0.5, 0.6) is 5.75 Å². The third-order valence-electron chi connectivity index (χ3n) is 7.10. The van der Waals surface area contributed by atoms with Gasteiger partial charge in [0.2, 0.25) is 11.8 Å². The first kappa shape index (κ1) is 28.3. The molecule has 0 radical (unpaired) electrons. The molecule has 8 nitrogen and oxygen atoms in total. The first-order chi connectivity index (χ1) is 18.8. The van der Waals surface area contributed by atoms with Crippen LogP contribution < -0.4 is 10.1 Å². The number of nitrogens with zero attached hydrogens (tertiary/aromatic N) is 3. The minimum Gasteiger partial charge on any atom is -0.488 e. The second-order valence-electron chi connectivity index (χ2n) is 10.5. The summed E-state index contributed by atoms with van der Waals surface area (Å²) in [6.45, 7) is 5.68. The van der Waals surface area contributed by atoms with Crippen LogP contribution in [0.3, 0.4) is 0 Å². The quantitative estimate of drug-likeness (QED) is 0.440. The molecule has 206 valence electrons. The number of carbonyl (C=O) groups is 2. The predicted molar refractivity (Wildman–Crippen MR) is 151 cm³/mol. The van der Waals surface area contributed by atoms with Gasteiger partial charge in [0.05, 0.1) is 25.5 Å². The highest BCUT2D eigenvalue weighted by molar-refractivity contribution is 5.92. The second kappa shape index (κ2) is 13.4. The van der Waals surface area contributed by atoms with Crippen LogP contribution in [0.25, 0.3) is 0 Å². The summed E-state index contributed by atoms with van der Waals surface area (Å²) in [5.74, 6) is 0.444. The van der Waals surface area contributed by atoms with Gasteiger partial charge in [-0.1, -0.05) is 37.3 Å². The molecule has 2 heterocycles. The highest BCUT2D eigenvalue weighted by atomic mass is 16.5. The number of aromatic nitrogens is 1. The van der Waals surface area contributed by atoms with E-state index in [1.807, 2.05) is 67.6 Å². The van der Waals surface area contributed by atoms with Crippen LogP contribution in [0.2, 0.25) is 0 Å². The maximum atomic E-state index is 13.4. The lowest BCUT2D eigenvalue weighted by Gasteiger charge is -2.34. The molecule has 39 heavy (non-hydrogen) atoms. The number of anilines is 1. The smallest absolute Gasteiger partial charge is 0.228 e. The molecule has 3 atom stereocenters. The SMILES string of the molecule is C[C@H]1CN([C@@H](C)CO)C(=O)Cc2cc(NC(=O)Cc3ccccc3)ccc2O[C@@H]1CN(C)Cc1ccncc1. The van der Waals surface area contributed by atoms with E-state index in [2.05, 4.69) is 29.2 Å². The fraction of sp³-hybridized carbons (Fsp3) is 0.387. The average Bonchev–Trinajstić information content (AvgIpc) is 2.97. The van der Waals surface area contributed by atoms with Crippen molar-refractivity contribution in [3.05, 3.63) is 89.7 Å². The summed E-state index contributed by atoms with van der Waals surface area (Å²) in [5, 5.41) is 12.8. The third kappa shape index (κ3) is 7.88. The van der Waals surface area contributed by atoms with Crippen molar-refractivity contribution in [1.29, 1.82) is 0 Å². The van der Waals surface area contributed by atoms with Crippen molar-refractivity contribution >= 4 is 17.5 Å². The van der Waals surface area contributed by atoms with Gasteiger partial charge in [0.25, 0.3) is 0 Å². The standard InChI is InChI=1S/C31H38N4O4/c1-22-18-35(23(2)21-36)31(38)17-26-16-27(33-30(37)15-24-7-5-4-6-8-24)9-10-28(26)39-29(22)20-34(3)19-25-11-13-32-14-12-25/h4-14,16,22-23,29,36H,15,17-21H2,1-3H3,(H,33,37)/t22-,23-,29+/m0/s1. The number of hydrogen-bond donors (Lipinski definition) is 2. The molecule has 0 saturated heterocycles. The summed E-state index contributed by atoms with van der Waals surface area (Å²) in [4.78, 5) is 34.2. The summed E-state index contributed by atoms with van der Waals surface area (Å²) < 4.78 is 6.60. The number of rotatable bonds is 9. The van der Waals surface area contributed by atoms with Gasteiger partial charge >= 0.3 is 0 Å². The normalized spacial score (nSPS) is 18.4. The van der Waals surface area contributed by atoms with Crippen molar-refractivity contribution in [3.63, 3.8) is 0 Å². The Balaban J connectivity index is 1.56. The number of carbonyl (C=O) groups excluding carboxylic acids is 2. The third-order valence-corrected chi connectivity index (χ3v) is 7.10. The molecule has 1 aromatic heterocycles. The number of aliphatic hydroxyl groups is 1. The van der Waals surface area contributed by atoms with E-state index < -0.39 is 0 Å². The molecule has 0 fully saturated rings. The number of hydrogen-bond acceptors (Lipinski definition) is 6. The van der Waals surface area contributed by atoms with E-state index in [9.17, 15) is 14.7 Å². The average molecular weight is 531 g/mol. The van der Waals surface area contributed by atoms with Crippen molar-refractivity contribution in [1.82, 2.24) is 14.8 Å². The molecule has 0 saturated carbocycles. The summed E-state index contributed by atoms with van der Waals surface area (Å²) in [6, 6.07) is 18.7. The summed E-state index contributed by atoms with van der Waals surface area (Å²) in [5.41, 5.74) is 3.41. The van der Waals surface area contributed by atoms with E-state index in [1.54, 1.807) is 17.3 Å². The van der Waals surface area contributed by atoms with Gasteiger partial charge in [0, 0.05) is 49.2 Å². The topological polar surface area (TPSA) is 95.0 Å². The van der Waals surface area contributed by atoms with Gasteiger partial charge in [-0.3, -0.25) is 19.5 Å². The fourth-order valence-electron chi connectivity index (χ4n) is 4.88. The van der Waals surface area contributed by atoms with Crippen molar-refractivity contribution in [2.24, 2.45) is 5.92 Å². The van der Waals surface area contributed by atoms with Gasteiger partial charge in [-0.25, -0.2) is 0 Å². The number of amides is 2. The molecule has 1 aliphatic rings. The van der Waals surface area contributed by atoms with Crippen molar-refractivity contribution in [2.75, 3.05) is 32.1 Å². The van der Waals surface area contributed by atoms with Gasteiger partial charge < -0.3 is 20.1 Å². The van der Waals surface area contributed by atoms with Crippen LogP contribution in [0.15, 0.2) is 73.1 Å². The fourth-order valence-corrected chi connectivity index (χ4v) is 4.88. The van der Waals surface area contributed by atoms with E-state index in [-0.39, 0.29) is 49.3 Å². The number of benzene rings is 2. The molecule has 0 unspecified atom stereocenters. The van der Waals surface area contributed by atoms with Crippen LogP contribution in [-0.4, -0.2) is 70.6 Å². The lowest BCUT2D eigenvalue weighted by Crippen LogP contribution is -2.47. The molecular formula is C31H38N4O4. The Morgan fingerprint density at radius 2 is 1.90 bits per heavy atom. The number of likely N-dealkylation sites (N-methyl/N-ethyl adjacent to an activating group) is 1. The van der Waals surface area contributed by atoms with Gasteiger partial charge in [0.15, 0.2) is 0 Å². The van der Waals surface area contributed by atoms with Gasteiger partial charge in [-0.2, -0.15) is 0 Å². The van der Waals surface area contributed by atoms with Crippen LogP contribution in [0.4, 0.5) is 5.69 Å². The van der Waals surface area contributed by atoms with Crippen LogP contribution in [-0.2, 0) is 29.0 Å². The molecule has 3 aromatic rings. The van der Waals surface area contributed by atoms with Gasteiger partial charge in [-0.05, 0) is 55.4 Å². The van der Waals surface area contributed by atoms with E-state index in [0.29, 0.717) is 30.1 Å². The van der Waals surface area contributed by atoms with E-state index in [0.717, 1.165) is 17.7 Å². The Labute approximate surface area is 230 Å². The Hall–Kier alpha value is -3.75. The van der Waals surface area contributed by atoms with Gasteiger partial charge in [0.1, 0.15) is 11.9 Å². The van der Waals surface area contributed by atoms with Crippen molar-refractivity contribution < 1.29 is 19.4 Å². The molecule has 8 heteroatoms. The van der Waals surface area contributed by atoms with Crippen LogP contribution in [0.1, 0.15) is 30.5 Å². The molecule has 2 amide bonds. The van der Waals surface area contributed by atoms with Crippen LogP contribution >= 0.6 is 0 Å². The minimum absolute atomic E-state index is 0.0130. The van der Waals surface area contributed by atoms with E-state index >= 15 is 0 Å². The number of nitrogens with one attached hydrogen (secondary N) is 1. The highest BCUT2D eigenvalue weighted by Crippen LogP contribution is 2.29. The molecule has 2 N–H and O–H groups in total. The zero-order valence-electron chi connectivity index (χ0n) is 22.9. The van der Waals surface area contributed by atoms with E-state index in [4.69, 9.17) is 4.74 Å². The second-order valence-corrected chi connectivity index (χ2v) is 10.5. The molecule has 0 spiro atoms. The number of aliphatic hydroxyl groups excluding tert-OH is 1. The molecule has 1 aliphatic heterocycles. The van der Waals surface area contributed by atoms with Gasteiger partial charge in [-0.15, -0.1) is 0 Å². The first-order valence-electron chi connectivity index (χ1n) is 13.4. The number of fused-ring (bicyclic) bond motifs is 1. The highest BCUT2D eigenvalue weighted by Gasteiger charge is 2.31. The Bertz CT molecular complexity index is 1240. The maximum Gasteiger partial charge on any atom is 0.228 e. The maximum absolute atomic E-state index is 13.4. The monoisotopic (exact) mass is 530 g/mol. The van der Waals surface area contributed by atoms with Crippen molar-refractivity contribution in [2.45, 2.75) is 45.4 Å². The van der Waals surface area contributed by atoms with E-state index in [1.165, 1.54) is 0 Å². The Morgan fingerprint density at radius 1 is 1.15 bits per heavy atom. The molecule has 2 aromatic carbocycles. The summed E-state index contributed by atoms with van der Waals surface area (Å²) in [7, 11) is 2.05. The molecule has 0 aliphatic carbocycles. The molecule has 4 rings (SSSR count). The Morgan fingerprint density at radius 3 is 2.62 bits per heavy atom.